The number of rotatable bonds is 4. The van der Waals surface area contributed by atoms with E-state index in [9.17, 15) is 4.79 Å². The summed E-state index contributed by atoms with van der Waals surface area (Å²) in [6, 6.07) is 5.92. The van der Waals surface area contributed by atoms with Crippen LogP contribution in [0, 0.1) is 6.92 Å². The Morgan fingerprint density at radius 1 is 1.60 bits per heavy atom. The summed E-state index contributed by atoms with van der Waals surface area (Å²) < 4.78 is 6.19. The molecule has 1 aromatic carbocycles. The van der Waals surface area contributed by atoms with Gasteiger partial charge in [-0.1, -0.05) is 22.0 Å². The van der Waals surface area contributed by atoms with Crippen molar-refractivity contribution in [2.45, 2.75) is 13.5 Å². The number of ether oxygens (including phenoxy) is 1. The first-order valence-electron chi connectivity index (χ1n) is 4.45. The van der Waals surface area contributed by atoms with Crippen LogP contribution in [0.2, 0.25) is 0 Å². The van der Waals surface area contributed by atoms with E-state index in [4.69, 9.17) is 10.6 Å². The first kappa shape index (κ1) is 12.2. The van der Waals surface area contributed by atoms with Gasteiger partial charge in [0, 0.05) is 4.47 Å². The third kappa shape index (κ3) is 3.99. The van der Waals surface area contributed by atoms with Crippen LogP contribution < -0.4 is 11.3 Å². The van der Waals surface area contributed by atoms with E-state index >= 15 is 0 Å². The number of halogens is 1. The van der Waals surface area contributed by atoms with Crippen molar-refractivity contribution >= 4 is 21.8 Å². The maximum absolute atomic E-state index is 10.8. The van der Waals surface area contributed by atoms with E-state index < -0.39 is 0 Å². The summed E-state index contributed by atoms with van der Waals surface area (Å²) in [7, 11) is 0. The molecule has 3 N–H and O–H groups in total. The number of carbonyl (C=O) groups is 1. The minimum absolute atomic E-state index is 0.0253. The number of amides is 1. The third-order valence-corrected chi connectivity index (χ3v) is 2.46. The maximum atomic E-state index is 10.8. The van der Waals surface area contributed by atoms with Crippen LogP contribution in [0.1, 0.15) is 11.1 Å². The van der Waals surface area contributed by atoms with Gasteiger partial charge in [0.1, 0.15) is 6.61 Å². The van der Waals surface area contributed by atoms with Gasteiger partial charge in [0.25, 0.3) is 5.91 Å². The zero-order chi connectivity index (χ0) is 11.3. The van der Waals surface area contributed by atoms with Gasteiger partial charge >= 0.3 is 0 Å². The number of hydrazine groups is 1. The number of hydrogen-bond acceptors (Lipinski definition) is 3. The van der Waals surface area contributed by atoms with Gasteiger partial charge in [-0.15, -0.1) is 0 Å². The standard InChI is InChI=1S/C10H13BrN2O2/c1-7-2-3-9(11)4-8(7)5-15-6-10(14)13-12/h2-4H,5-6,12H2,1H3,(H,13,14). The van der Waals surface area contributed by atoms with E-state index in [1.54, 1.807) is 0 Å². The van der Waals surface area contributed by atoms with Crippen molar-refractivity contribution in [3.8, 4) is 0 Å². The molecule has 0 fully saturated rings. The Morgan fingerprint density at radius 2 is 2.33 bits per heavy atom. The predicted molar refractivity (Wildman–Crippen MR) is 60.9 cm³/mol. The van der Waals surface area contributed by atoms with Crippen molar-refractivity contribution in [3.63, 3.8) is 0 Å². The van der Waals surface area contributed by atoms with Gasteiger partial charge in [0.15, 0.2) is 0 Å². The molecule has 0 aromatic heterocycles. The van der Waals surface area contributed by atoms with Crippen molar-refractivity contribution in [2.24, 2.45) is 5.84 Å². The summed E-state index contributed by atoms with van der Waals surface area (Å²) in [5.41, 5.74) is 4.19. The zero-order valence-electron chi connectivity index (χ0n) is 8.42. The number of aryl methyl sites for hydroxylation is 1. The molecule has 0 radical (unpaired) electrons. The number of benzene rings is 1. The Morgan fingerprint density at radius 3 is 3.00 bits per heavy atom. The molecule has 15 heavy (non-hydrogen) atoms. The molecule has 0 aliphatic heterocycles. The average Bonchev–Trinajstić information content (AvgIpc) is 2.23. The van der Waals surface area contributed by atoms with Crippen LogP contribution in [-0.2, 0) is 16.1 Å². The molecule has 0 spiro atoms. The van der Waals surface area contributed by atoms with Crippen LogP contribution in [0.5, 0.6) is 0 Å². The highest BCUT2D eigenvalue weighted by Crippen LogP contribution is 2.16. The van der Waals surface area contributed by atoms with Crippen molar-refractivity contribution in [2.75, 3.05) is 6.61 Å². The van der Waals surface area contributed by atoms with Crippen LogP contribution in [0.15, 0.2) is 22.7 Å². The van der Waals surface area contributed by atoms with E-state index in [0.29, 0.717) is 6.61 Å². The quantitative estimate of drug-likeness (QED) is 0.493. The van der Waals surface area contributed by atoms with Crippen molar-refractivity contribution in [1.29, 1.82) is 0 Å². The minimum Gasteiger partial charge on any atom is -0.367 e. The van der Waals surface area contributed by atoms with Crippen molar-refractivity contribution in [1.82, 2.24) is 5.43 Å². The lowest BCUT2D eigenvalue weighted by Gasteiger charge is -2.07. The Balaban J connectivity index is 2.50. The summed E-state index contributed by atoms with van der Waals surface area (Å²) in [6.07, 6.45) is 0. The molecule has 0 saturated heterocycles. The molecule has 0 bridgehead atoms. The van der Waals surface area contributed by atoms with Gasteiger partial charge in [0.2, 0.25) is 0 Å². The number of nitrogens with one attached hydrogen (secondary N) is 1. The molecule has 1 aromatic rings. The largest absolute Gasteiger partial charge is 0.367 e. The lowest BCUT2D eigenvalue weighted by atomic mass is 10.1. The monoisotopic (exact) mass is 272 g/mol. The topological polar surface area (TPSA) is 64.3 Å². The summed E-state index contributed by atoms with van der Waals surface area (Å²) >= 11 is 3.38. The second-order valence-corrected chi connectivity index (χ2v) is 4.05. The van der Waals surface area contributed by atoms with Crippen LogP contribution in [0.4, 0.5) is 0 Å². The fraction of sp³-hybridized carbons (Fsp3) is 0.300. The Bertz CT molecular complexity index is 355. The van der Waals surface area contributed by atoms with E-state index in [1.807, 2.05) is 30.5 Å². The normalized spacial score (nSPS) is 10.1. The molecular weight excluding hydrogens is 260 g/mol. The molecule has 0 saturated carbocycles. The van der Waals surface area contributed by atoms with E-state index in [0.717, 1.165) is 15.6 Å². The predicted octanol–water partition coefficient (Wildman–Crippen LogP) is 1.26. The van der Waals surface area contributed by atoms with Crippen LogP contribution >= 0.6 is 15.9 Å². The van der Waals surface area contributed by atoms with Crippen LogP contribution in [0.25, 0.3) is 0 Å². The Kier molecular flexibility index (Phi) is 4.74. The highest BCUT2D eigenvalue weighted by molar-refractivity contribution is 9.10. The van der Waals surface area contributed by atoms with Gasteiger partial charge in [-0.3, -0.25) is 10.2 Å². The number of nitrogens with two attached hydrogens (primary N) is 1. The molecule has 4 nitrogen and oxygen atoms in total. The zero-order valence-corrected chi connectivity index (χ0v) is 10.0. The molecule has 5 heteroatoms. The molecule has 82 valence electrons. The van der Waals surface area contributed by atoms with Gasteiger partial charge < -0.3 is 4.74 Å². The van der Waals surface area contributed by atoms with E-state index in [-0.39, 0.29) is 12.5 Å². The van der Waals surface area contributed by atoms with Gasteiger partial charge in [0.05, 0.1) is 6.61 Å². The fourth-order valence-electron chi connectivity index (χ4n) is 1.09. The Hall–Kier alpha value is -0.910. The highest BCUT2D eigenvalue weighted by atomic mass is 79.9. The van der Waals surface area contributed by atoms with Crippen LogP contribution in [0.3, 0.4) is 0 Å². The SMILES string of the molecule is Cc1ccc(Br)cc1COCC(=O)NN. The average molecular weight is 273 g/mol. The minimum atomic E-state index is -0.331. The van der Waals surface area contributed by atoms with Crippen molar-refractivity contribution in [3.05, 3.63) is 33.8 Å². The molecule has 0 unspecified atom stereocenters. The summed E-state index contributed by atoms with van der Waals surface area (Å²) in [6.45, 7) is 2.37. The molecule has 1 amide bonds. The number of hydrogen-bond donors (Lipinski definition) is 2. The third-order valence-electron chi connectivity index (χ3n) is 1.96. The summed E-state index contributed by atoms with van der Waals surface area (Å²) in [5.74, 6) is 4.59. The Labute approximate surface area is 96.9 Å². The second kappa shape index (κ2) is 5.85. The second-order valence-electron chi connectivity index (χ2n) is 3.13. The van der Waals surface area contributed by atoms with Crippen molar-refractivity contribution < 1.29 is 9.53 Å². The molecule has 0 aliphatic rings. The summed E-state index contributed by atoms with van der Waals surface area (Å²) in [5, 5.41) is 0. The molecule has 1 rings (SSSR count). The number of carbonyl (C=O) groups excluding carboxylic acids is 1. The highest BCUT2D eigenvalue weighted by Gasteiger charge is 2.02. The smallest absolute Gasteiger partial charge is 0.259 e. The molecular formula is C10H13BrN2O2. The van der Waals surface area contributed by atoms with E-state index in [1.165, 1.54) is 0 Å². The first-order valence-corrected chi connectivity index (χ1v) is 5.25. The van der Waals surface area contributed by atoms with Gasteiger partial charge in [-0.05, 0) is 30.2 Å². The maximum Gasteiger partial charge on any atom is 0.259 e. The lowest BCUT2D eigenvalue weighted by Crippen LogP contribution is -2.33. The van der Waals surface area contributed by atoms with Gasteiger partial charge in [-0.2, -0.15) is 0 Å². The molecule has 0 heterocycles. The van der Waals surface area contributed by atoms with Crippen LogP contribution in [-0.4, -0.2) is 12.5 Å². The van der Waals surface area contributed by atoms with Gasteiger partial charge in [-0.25, -0.2) is 5.84 Å². The fourth-order valence-corrected chi connectivity index (χ4v) is 1.50. The van der Waals surface area contributed by atoms with E-state index in [2.05, 4.69) is 15.9 Å². The molecule has 0 atom stereocenters. The molecule has 0 aliphatic carbocycles. The lowest BCUT2D eigenvalue weighted by molar-refractivity contribution is -0.126. The first-order chi connectivity index (χ1) is 7.13. The summed E-state index contributed by atoms with van der Waals surface area (Å²) in [4.78, 5) is 10.8.